The van der Waals surface area contributed by atoms with Crippen LogP contribution in [-0.4, -0.2) is 25.8 Å². The molecule has 1 aliphatic rings. The average Bonchev–Trinajstić information content (AvgIpc) is 2.93. The summed E-state index contributed by atoms with van der Waals surface area (Å²) in [6, 6.07) is 19.6. The van der Waals surface area contributed by atoms with Gasteiger partial charge >= 0.3 is 0 Å². The first-order chi connectivity index (χ1) is 11.4. The first kappa shape index (κ1) is 17.1. The van der Waals surface area contributed by atoms with Gasteiger partial charge in [0, 0.05) is 28.6 Å². The van der Waals surface area contributed by atoms with Crippen molar-refractivity contribution in [3.8, 4) is 0 Å². The van der Waals surface area contributed by atoms with Crippen LogP contribution in [0.2, 0.25) is 0 Å². The Bertz CT molecular complexity index is 925. The molecule has 0 amide bonds. The highest BCUT2D eigenvalue weighted by Crippen LogP contribution is 2.40. The van der Waals surface area contributed by atoms with Crippen LogP contribution in [0.15, 0.2) is 54.6 Å². The molecule has 24 heavy (non-hydrogen) atoms. The molecular weight excluding hydrogens is 342 g/mol. The zero-order valence-corrected chi connectivity index (χ0v) is 14.9. The van der Waals surface area contributed by atoms with Crippen molar-refractivity contribution in [2.24, 2.45) is 0 Å². The first-order valence-corrected chi connectivity index (χ1v) is 10.3. The molecule has 0 radical (unpaired) electrons. The number of nitrogens with one attached hydrogen (secondary N) is 1. The lowest BCUT2D eigenvalue weighted by Crippen LogP contribution is -2.27. The van der Waals surface area contributed by atoms with E-state index in [9.17, 15) is 8.42 Å². The number of hydrogen-bond donors (Lipinski definition) is 2. The molecule has 0 fully saturated rings. The zero-order valence-electron chi connectivity index (χ0n) is 13.3. The van der Waals surface area contributed by atoms with Crippen molar-refractivity contribution >= 4 is 31.5 Å². The summed E-state index contributed by atoms with van der Waals surface area (Å²) in [6.45, 7) is 2.05. The maximum Gasteiger partial charge on any atom is 0.261 e. The van der Waals surface area contributed by atoms with Crippen LogP contribution in [0.1, 0.15) is 21.9 Å². The fourth-order valence-electron chi connectivity index (χ4n) is 2.97. The molecule has 1 aromatic heterocycles. The maximum absolute atomic E-state index is 9.19. The molecule has 4 rings (SSSR count). The van der Waals surface area contributed by atoms with Crippen LogP contribution in [0.4, 0.5) is 0 Å². The highest BCUT2D eigenvalue weighted by Gasteiger charge is 2.25. The Balaban J connectivity index is 0.000000300. The number of fused-ring (bicyclic) bond motifs is 3. The van der Waals surface area contributed by atoms with Gasteiger partial charge in [0.25, 0.3) is 10.1 Å². The third kappa shape index (κ3) is 4.02. The second kappa shape index (κ2) is 7.03. The number of hydrogen-bond acceptors (Lipinski definition) is 4. The monoisotopic (exact) mass is 361 g/mol. The van der Waals surface area contributed by atoms with Gasteiger partial charge in [0.05, 0.1) is 6.26 Å². The third-order valence-corrected chi connectivity index (χ3v) is 5.22. The van der Waals surface area contributed by atoms with Gasteiger partial charge in [0.1, 0.15) is 0 Å². The number of thiophene rings is 1. The Morgan fingerprint density at radius 1 is 1.08 bits per heavy atom. The minimum absolute atomic E-state index is 0.502. The Kier molecular flexibility index (Phi) is 5.01. The molecule has 2 aromatic carbocycles. The zero-order chi connectivity index (χ0) is 17.2. The summed E-state index contributed by atoms with van der Waals surface area (Å²) in [5.74, 6) is 0.502. The number of benzene rings is 2. The highest BCUT2D eigenvalue weighted by molar-refractivity contribution is 7.85. The van der Waals surface area contributed by atoms with E-state index in [0.29, 0.717) is 12.2 Å². The topological polar surface area (TPSA) is 66.4 Å². The smallest absolute Gasteiger partial charge is 0.261 e. The molecule has 1 unspecified atom stereocenters. The summed E-state index contributed by atoms with van der Waals surface area (Å²) in [5, 5.41) is 5.00. The molecule has 0 bridgehead atoms. The second-order valence-corrected chi connectivity index (χ2v) is 8.32. The van der Waals surface area contributed by atoms with Gasteiger partial charge in [-0.05, 0) is 22.6 Å². The van der Waals surface area contributed by atoms with E-state index in [1.54, 1.807) is 4.88 Å². The molecule has 0 saturated carbocycles. The largest absolute Gasteiger partial charge is 0.312 e. The van der Waals surface area contributed by atoms with Crippen LogP contribution in [-0.2, 0) is 16.7 Å². The molecule has 4 nitrogen and oxygen atoms in total. The van der Waals surface area contributed by atoms with Gasteiger partial charge in [-0.25, -0.2) is 0 Å². The Labute approximate surface area is 145 Å². The molecule has 6 heteroatoms. The SMILES string of the molecule is CS(=O)(=O)O.c1ccc(C2CNCc3c2sc2ccccc32)cc1. The predicted molar refractivity (Wildman–Crippen MR) is 99.3 cm³/mol. The quantitative estimate of drug-likeness (QED) is 0.650. The van der Waals surface area contributed by atoms with Crippen molar-refractivity contribution in [3.63, 3.8) is 0 Å². The minimum atomic E-state index is -3.67. The van der Waals surface area contributed by atoms with Crippen molar-refractivity contribution in [1.29, 1.82) is 0 Å². The van der Waals surface area contributed by atoms with Gasteiger partial charge in [-0.2, -0.15) is 8.42 Å². The lowest BCUT2D eigenvalue weighted by Gasteiger charge is -2.24. The minimum Gasteiger partial charge on any atom is -0.312 e. The normalized spacial score (nSPS) is 17.0. The van der Waals surface area contributed by atoms with E-state index < -0.39 is 10.1 Å². The molecule has 0 saturated heterocycles. The molecule has 3 aromatic rings. The molecule has 1 atom stereocenters. The molecule has 0 spiro atoms. The van der Waals surface area contributed by atoms with E-state index in [4.69, 9.17) is 4.55 Å². The van der Waals surface area contributed by atoms with Gasteiger partial charge < -0.3 is 5.32 Å². The molecule has 2 N–H and O–H groups in total. The highest BCUT2D eigenvalue weighted by atomic mass is 32.2. The van der Waals surface area contributed by atoms with Crippen LogP contribution in [0.25, 0.3) is 10.1 Å². The van der Waals surface area contributed by atoms with Gasteiger partial charge in [0.15, 0.2) is 0 Å². The summed E-state index contributed by atoms with van der Waals surface area (Å²) >= 11 is 1.96. The third-order valence-electron chi connectivity index (χ3n) is 3.90. The van der Waals surface area contributed by atoms with Crippen molar-refractivity contribution < 1.29 is 13.0 Å². The lowest BCUT2D eigenvalue weighted by atomic mass is 9.91. The van der Waals surface area contributed by atoms with E-state index >= 15 is 0 Å². The molecule has 126 valence electrons. The van der Waals surface area contributed by atoms with Crippen LogP contribution >= 0.6 is 11.3 Å². The van der Waals surface area contributed by atoms with Crippen molar-refractivity contribution in [1.82, 2.24) is 5.32 Å². The fourth-order valence-corrected chi connectivity index (χ4v) is 4.32. The van der Waals surface area contributed by atoms with Gasteiger partial charge in [-0.1, -0.05) is 48.5 Å². The van der Waals surface area contributed by atoms with Gasteiger partial charge in [-0.15, -0.1) is 11.3 Å². The first-order valence-electron chi connectivity index (χ1n) is 7.62. The van der Waals surface area contributed by atoms with E-state index in [1.165, 1.54) is 21.2 Å². The van der Waals surface area contributed by atoms with Crippen molar-refractivity contribution in [3.05, 3.63) is 70.6 Å². The molecule has 2 heterocycles. The van der Waals surface area contributed by atoms with E-state index in [2.05, 4.69) is 59.9 Å². The van der Waals surface area contributed by atoms with Gasteiger partial charge in [-0.3, -0.25) is 4.55 Å². The summed E-state index contributed by atoms with van der Waals surface area (Å²) in [4.78, 5) is 1.55. The van der Waals surface area contributed by atoms with Crippen LogP contribution in [0.3, 0.4) is 0 Å². The summed E-state index contributed by atoms with van der Waals surface area (Å²) in [6.07, 6.45) is 0.715. The van der Waals surface area contributed by atoms with Crippen molar-refractivity contribution in [2.45, 2.75) is 12.5 Å². The molecule has 0 aliphatic carbocycles. The number of rotatable bonds is 1. The van der Waals surface area contributed by atoms with E-state index in [1.807, 2.05) is 11.3 Å². The van der Waals surface area contributed by atoms with Crippen LogP contribution in [0, 0.1) is 0 Å². The average molecular weight is 361 g/mol. The summed E-state index contributed by atoms with van der Waals surface area (Å²) < 4.78 is 27.3. The van der Waals surface area contributed by atoms with Crippen molar-refractivity contribution in [2.75, 3.05) is 12.8 Å². The Morgan fingerprint density at radius 3 is 2.42 bits per heavy atom. The maximum atomic E-state index is 9.19. The summed E-state index contributed by atoms with van der Waals surface area (Å²) in [5.41, 5.74) is 2.92. The second-order valence-electron chi connectivity index (χ2n) is 5.77. The Morgan fingerprint density at radius 2 is 1.71 bits per heavy atom. The predicted octanol–water partition coefficient (Wildman–Crippen LogP) is 3.64. The molecular formula is C18H19NO3S2. The summed E-state index contributed by atoms with van der Waals surface area (Å²) in [7, 11) is -3.67. The van der Waals surface area contributed by atoms with E-state index in [-0.39, 0.29) is 0 Å². The van der Waals surface area contributed by atoms with Crippen LogP contribution in [0.5, 0.6) is 0 Å². The Hall–Kier alpha value is -1.73. The van der Waals surface area contributed by atoms with Gasteiger partial charge in [0.2, 0.25) is 0 Å². The fraction of sp³-hybridized carbons (Fsp3) is 0.222. The standard InChI is InChI=1S/C17H15NS.CH4O3S/c1-2-6-12(7-3-1)14-10-18-11-15-13-8-4-5-9-16(13)19-17(14)15;1-5(2,3)4/h1-9,14,18H,10-11H2;1H3,(H,2,3,4). The molecule has 1 aliphatic heterocycles. The van der Waals surface area contributed by atoms with E-state index in [0.717, 1.165) is 13.1 Å². The van der Waals surface area contributed by atoms with Crippen LogP contribution < -0.4 is 5.32 Å². The lowest BCUT2D eigenvalue weighted by molar-refractivity contribution is 0.490.